The maximum atomic E-state index is 4.61. The summed E-state index contributed by atoms with van der Waals surface area (Å²) in [4.78, 5) is 4.61. The largest absolute Gasteiger partial charge is 0.233 e. The summed E-state index contributed by atoms with van der Waals surface area (Å²) >= 11 is 1.66. The Morgan fingerprint density at radius 3 is 3.21 bits per heavy atom. The third-order valence-corrected chi connectivity index (χ3v) is 3.28. The monoisotopic (exact) mass is 205 g/mol. The molecule has 0 amide bonds. The minimum atomic E-state index is 0.981. The van der Waals surface area contributed by atoms with E-state index in [-0.39, 0.29) is 0 Å². The van der Waals surface area contributed by atoms with Crippen molar-refractivity contribution in [2.24, 2.45) is 0 Å². The molecular formula is C10H11N3S. The van der Waals surface area contributed by atoms with Gasteiger partial charge in [-0.1, -0.05) is 0 Å². The average Bonchev–Trinajstić information content (AvgIpc) is 2.77. The van der Waals surface area contributed by atoms with Crippen molar-refractivity contribution >= 4 is 17.4 Å². The molecule has 1 aliphatic rings. The highest BCUT2D eigenvalue weighted by Gasteiger charge is 2.14. The molecule has 0 saturated heterocycles. The van der Waals surface area contributed by atoms with E-state index >= 15 is 0 Å². The van der Waals surface area contributed by atoms with E-state index in [1.165, 1.54) is 17.7 Å². The summed E-state index contributed by atoms with van der Waals surface area (Å²) in [6.07, 6.45) is 7.70. The SMILES string of the molecule is CSc1cc2nc3c(cn2n1)CCC3. The van der Waals surface area contributed by atoms with Crippen molar-refractivity contribution in [3.8, 4) is 0 Å². The zero-order valence-electron chi connectivity index (χ0n) is 8.03. The van der Waals surface area contributed by atoms with Gasteiger partial charge in [0.1, 0.15) is 5.03 Å². The van der Waals surface area contributed by atoms with Crippen molar-refractivity contribution in [1.82, 2.24) is 14.6 Å². The van der Waals surface area contributed by atoms with Crippen molar-refractivity contribution < 1.29 is 0 Å². The molecule has 0 aliphatic heterocycles. The zero-order valence-corrected chi connectivity index (χ0v) is 8.84. The molecule has 0 radical (unpaired) electrons. The quantitative estimate of drug-likeness (QED) is 0.666. The van der Waals surface area contributed by atoms with Gasteiger partial charge in [-0.15, -0.1) is 11.8 Å². The smallest absolute Gasteiger partial charge is 0.156 e. The predicted molar refractivity (Wildman–Crippen MR) is 56.8 cm³/mol. The van der Waals surface area contributed by atoms with Crippen LogP contribution in [0.5, 0.6) is 0 Å². The Hall–Kier alpha value is -1.03. The summed E-state index contributed by atoms with van der Waals surface area (Å²) in [7, 11) is 0. The molecule has 2 heterocycles. The Morgan fingerprint density at radius 2 is 2.36 bits per heavy atom. The van der Waals surface area contributed by atoms with Crippen LogP contribution in [0.15, 0.2) is 17.3 Å². The second-order valence-electron chi connectivity index (χ2n) is 3.56. The van der Waals surface area contributed by atoms with Crippen molar-refractivity contribution in [2.45, 2.75) is 24.3 Å². The second kappa shape index (κ2) is 2.98. The summed E-state index contributed by atoms with van der Waals surface area (Å²) < 4.78 is 1.90. The molecule has 14 heavy (non-hydrogen) atoms. The van der Waals surface area contributed by atoms with Crippen LogP contribution in [-0.2, 0) is 12.8 Å². The lowest BCUT2D eigenvalue weighted by Gasteiger charge is -1.98. The summed E-state index contributed by atoms with van der Waals surface area (Å²) in [6, 6.07) is 2.04. The fourth-order valence-electron chi connectivity index (χ4n) is 1.94. The molecule has 3 nitrogen and oxygen atoms in total. The van der Waals surface area contributed by atoms with Gasteiger partial charge < -0.3 is 0 Å². The van der Waals surface area contributed by atoms with Crippen LogP contribution in [0, 0.1) is 0 Å². The Bertz CT molecular complexity index is 448. The highest BCUT2D eigenvalue weighted by molar-refractivity contribution is 7.98. The first-order valence-corrected chi connectivity index (χ1v) is 6.01. The fraction of sp³-hybridized carbons (Fsp3) is 0.400. The van der Waals surface area contributed by atoms with Gasteiger partial charge in [0.2, 0.25) is 0 Å². The number of hydrogen-bond donors (Lipinski definition) is 0. The average molecular weight is 205 g/mol. The lowest BCUT2D eigenvalue weighted by Crippen LogP contribution is -1.95. The highest BCUT2D eigenvalue weighted by Crippen LogP contribution is 2.22. The second-order valence-corrected chi connectivity index (χ2v) is 4.38. The molecule has 1 aliphatic carbocycles. The van der Waals surface area contributed by atoms with Crippen molar-refractivity contribution in [3.05, 3.63) is 23.5 Å². The first-order valence-electron chi connectivity index (χ1n) is 4.79. The van der Waals surface area contributed by atoms with Gasteiger partial charge in [0.05, 0.1) is 0 Å². The first kappa shape index (κ1) is 8.29. The molecule has 0 aromatic carbocycles. The normalized spacial score (nSPS) is 14.9. The Kier molecular flexibility index (Phi) is 1.77. The number of thioether (sulfide) groups is 1. The summed E-state index contributed by atoms with van der Waals surface area (Å²) in [5.74, 6) is 0. The van der Waals surface area contributed by atoms with Gasteiger partial charge in [0, 0.05) is 18.0 Å². The fourth-order valence-corrected chi connectivity index (χ4v) is 2.34. The maximum Gasteiger partial charge on any atom is 0.156 e. The molecular weight excluding hydrogens is 194 g/mol. The Morgan fingerprint density at radius 1 is 1.43 bits per heavy atom. The van der Waals surface area contributed by atoms with E-state index in [2.05, 4.69) is 16.3 Å². The van der Waals surface area contributed by atoms with Gasteiger partial charge in [-0.3, -0.25) is 0 Å². The number of aromatic nitrogens is 3. The lowest BCUT2D eigenvalue weighted by molar-refractivity contribution is 0.872. The molecule has 0 spiro atoms. The van der Waals surface area contributed by atoms with Crippen LogP contribution in [0.25, 0.3) is 5.65 Å². The van der Waals surface area contributed by atoms with Gasteiger partial charge in [0.25, 0.3) is 0 Å². The number of fused-ring (bicyclic) bond motifs is 2. The minimum absolute atomic E-state index is 0.981. The molecule has 4 heteroatoms. The highest BCUT2D eigenvalue weighted by atomic mass is 32.2. The van der Waals surface area contributed by atoms with Crippen LogP contribution in [0.1, 0.15) is 17.7 Å². The third-order valence-electron chi connectivity index (χ3n) is 2.66. The van der Waals surface area contributed by atoms with Gasteiger partial charge >= 0.3 is 0 Å². The van der Waals surface area contributed by atoms with Gasteiger partial charge in [-0.05, 0) is 31.1 Å². The number of aryl methyl sites for hydroxylation is 2. The van der Waals surface area contributed by atoms with Gasteiger partial charge in [-0.2, -0.15) is 5.10 Å². The van der Waals surface area contributed by atoms with E-state index in [0.29, 0.717) is 0 Å². The molecule has 0 atom stereocenters. The van der Waals surface area contributed by atoms with E-state index < -0.39 is 0 Å². The van der Waals surface area contributed by atoms with Crippen LogP contribution < -0.4 is 0 Å². The summed E-state index contributed by atoms with van der Waals surface area (Å²) in [5, 5.41) is 5.47. The molecule has 0 saturated carbocycles. The van der Waals surface area contributed by atoms with Gasteiger partial charge in [-0.25, -0.2) is 9.50 Å². The van der Waals surface area contributed by atoms with E-state index in [9.17, 15) is 0 Å². The molecule has 3 rings (SSSR count). The molecule has 2 aromatic rings. The predicted octanol–water partition coefficient (Wildman–Crippen LogP) is 1.94. The van der Waals surface area contributed by atoms with Crippen molar-refractivity contribution in [3.63, 3.8) is 0 Å². The van der Waals surface area contributed by atoms with E-state index in [1.807, 2.05) is 16.8 Å². The van der Waals surface area contributed by atoms with Crippen LogP contribution in [0.3, 0.4) is 0 Å². The standard InChI is InChI=1S/C10H11N3S/c1-14-10-5-9-11-8-4-2-3-7(8)6-13(9)12-10/h5-6H,2-4H2,1H3. The van der Waals surface area contributed by atoms with Crippen LogP contribution in [-0.4, -0.2) is 20.9 Å². The molecule has 2 aromatic heterocycles. The minimum Gasteiger partial charge on any atom is -0.233 e. The third kappa shape index (κ3) is 1.14. The van der Waals surface area contributed by atoms with E-state index in [0.717, 1.165) is 23.5 Å². The Labute approximate surface area is 86.5 Å². The Balaban J connectivity index is 2.25. The van der Waals surface area contributed by atoms with E-state index in [4.69, 9.17) is 0 Å². The van der Waals surface area contributed by atoms with Crippen LogP contribution in [0.4, 0.5) is 0 Å². The number of rotatable bonds is 1. The van der Waals surface area contributed by atoms with E-state index in [1.54, 1.807) is 11.8 Å². The van der Waals surface area contributed by atoms with Crippen LogP contribution in [0.2, 0.25) is 0 Å². The molecule has 0 unspecified atom stereocenters. The number of hydrogen-bond acceptors (Lipinski definition) is 3. The maximum absolute atomic E-state index is 4.61. The molecule has 72 valence electrons. The van der Waals surface area contributed by atoms with Crippen molar-refractivity contribution in [2.75, 3.05) is 6.26 Å². The zero-order chi connectivity index (χ0) is 9.54. The topological polar surface area (TPSA) is 30.2 Å². The molecule has 0 fully saturated rings. The van der Waals surface area contributed by atoms with Gasteiger partial charge in [0.15, 0.2) is 5.65 Å². The number of nitrogens with zero attached hydrogens (tertiary/aromatic N) is 3. The molecule has 0 N–H and O–H groups in total. The summed E-state index contributed by atoms with van der Waals surface area (Å²) in [6.45, 7) is 0. The van der Waals surface area contributed by atoms with Crippen molar-refractivity contribution in [1.29, 1.82) is 0 Å². The first-order chi connectivity index (χ1) is 6.86. The molecule has 0 bridgehead atoms. The lowest BCUT2D eigenvalue weighted by atomic mass is 10.3. The summed E-state index contributed by atoms with van der Waals surface area (Å²) in [5.41, 5.74) is 3.62. The van der Waals surface area contributed by atoms with Crippen LogP contribution >= 0.6 is 11.8 Å².